The fraction of sp³-hybridized carbons (Fsp3) is 0.536. The monoisotopic (exact) mass is 460 g/mol. The van der Waals surface area contributed by atoms with Crippen LogP contribution in [0.5, 0.6) is 0 Å². The van der Waals surface area contributed by atoms with E-state index in [1.807, 2.05) is 4.90 Å². The second-order valence-corrected chi connectivity index (χ2v) is 10.8. The van der Waals surface area contributed by atoms with Crippen molar-refractivity contribution in [3.8, 4) is 0 Å². The number of rotatable bonds is 6. The van der Waals surface area contributed by atoms with Gasteiger partial charge in [0.15, 0.2) is 0 Å². The predicted octanol–water partition coefficient (Wildman–Crippen LogP) is 2.76. The fourth-order valence-corrected chi connectivity index (χ4v) is 6.21. The van der Waals surface area contributed by atoms with Crippen molar-refractivity contribution in [1.29, 1.82) is 0 Å². The van der Waals surface area contributed by atoms with Crippen LogP contribution < -0.4 is 10.6 Å². The second kappa shape index (κ2) is 8.99. The van der Waals surface area contributed by atoms with Crippen molar-refractivity contribution in [3.05, 3.63) is 64.7 Å². The molecule has 34 heavy (non-hydrogen) atoms. The maximum absolute atomic E-state index is 13.5. The Labute approximate surface area is 202 Å². The topological polar surface area (TPSA) is 67.8 Å². The first-order valence-electron chi connectivity index (χ1n) is 13.0. The van der Waals surface area contributed by atoms with Crippen molar-refractivity contribution in [2.75, 3.05) is 44.6 Å². The molecule has 3 N–H and O–H groups in total. The molecule has 0 unspecified atom stereocenters. The Morgan fingerprint density at radius 1 is 1.09 bits per heavy atom. The lowest BCUT2D eigenvalue weighted by molar-refractivity contribution is 0.0459. The Morgan fingerprint density at radius 2 is 1.88 bits per heavy atom. The number of β-amino-alcohol motifs (C(OH)–C–C–N with tert-alkyl or cyclic N) is 1. The summed E-state index contributed by atoms with van der Waals surface area (Å²) in [6, 6.07) is 15.5. The van der Waals surface area contributed by atoms with E-state index in [0.29, 0.717) is 19.1 Å². The van der Waals surface area contributed by atoms with Crippen LogP contribution >= 0.6 is 0 Å². The minimum absolute atomic E-state index is 0.0736. The molecule has 3 aliphatic heterocycles. The van der Waals surface area contributed by atoms with Crippen LogP contribution in [0.2, 0.25) is 0 Å². The van der Waals surface area contributed by atoms with E-state index in [9.17, 15) is 9.90 Å². The van der Waals surface area contributed by atoms with Crippen LogP contribution in [0.4, 0.5) is 5.69 Å². The highest BCUT2D eigenvalue weighted by molar-refractivity contribution is 5.98. The number of aliphatic hydroxyl groups is 1. The van der Waals surface area contributed by atoms with Gasteiger partial charge < -0.3 is 20.6 Å². The van der Waals surface area contributed by atoms with E-state index in [1.54, 1.807) is 0 Å². The zero-order chi connectivity index (χ0) is 23.1. The summed E-state index contributed by atoms with van der Waals surface area (Å²) in [6.45, 7) is 5.66. The number of hydrogen-bond acceptors (Lipinski definition) is 5. The molecule has 1 saturated heterocycles. The number of benzene rings is 2. The van der Waals surface area contributed by atoms with Gasteiger partial charge >= 0.3 is 0 Å². The van der Waals surface area contributed by atoms with Crippen molar-refractivity contribution in [1.82, 2.24) is 15.1 Å². The molecule has 3 heterocycles. The highest BCUT2D eigenvalue weighted by atomic mass is 16.3. The molecule has 0 aromatic heterocycles. The number of anilines is 1. The summed E-state index contributed by atoms with van der Waals surface area (Å²) in [5.74, 6) is 0.0736. The zero-order valence-electron chi connectivity index (χ0n) is 19.9. The van der Waals surface area contributed by atoms with Gasteiger partial charge in [0.1, 0.15) is 0 Å². The molecule has 1 aliphatic carbocycles. The summed E-state index contributed by atoms with van der Waals surface area (Å²) in [4.78, 5) is 17.8. The standard InChI is InChI=1S/C28H36N4O2/c33-24(17-31-14-9-20-3-1-2-4-21(20)16-31)18-32-19-28(10-11-28)26-6-5-23(15-25(26)27(32)34)30-22-7-12-29-13-8-22/h1-6,15,22,24,29-30,33H,7-14,16-19H2/t24-/m1/s1. The van der Waals surface area contributed by atoms with Crippen LogP contribution in [0, 0.1) is 0 Å². The number of aliphatic hydroxyl groups excluding tert-OH is 1. The van der Waals surface area contributed by atoms with E-state index in [4.69, 9.17) is 0 Å². The van der Waals surface area contributed by atoms with Gasteiger partial charge in [0.25, 0.3) is 5.91 Å². The minimum atomic E-state index is -0.539. The van der Waals surface area contributed by atoms with Gasteiger partial charge in [0.2, 0.25) is 0 Å². The smallest absolute Gasteiger partial charge is 0.254 e. The van der Waals surface area contributed by atoms with Gasteiger partial charge in [0, 0.05) is 55.4 Å². The number of fused-ring (bicyclic) bond motifs is 3. The number of nitrogens with zero attached hydrogens (tertiary/aromatic N) is 2. The quantitative estimate of drug-likeness (QED) is 0.619. The number of carbonyl (C=O) groups is 1. The summed E-state index contributed by atoms with van der Waals surface area (Å²) >= 11 is 0. The molecule has 6 heteroatoms. The van der Waals surface area contributed by atoms with E-state index >= 15 is 0 Å². The third kappa shape index (κ3) is 4.35. The summed E-state index contributed by atoms with van der Waals surface area (Å²) < 4.78 is 0. The van der Waals surface area contributed by atoms with Gasteiger partial charge in [-0.1, -0.05) is 30.3 Å². The van der Waals surface area contributed by atoms with E-state index in [2.05, 4.69) is 58.0 Å². The first kappa shape index (κ1) is 22.1. The first-order chi connectivity index (χ1) is 16.6. The number of amides is 1. The van der Waals surface area contributed by atoms with Crippen molar-refractivity contribution in [3.63, 3.8) is 0 Å². The molecule has 1 amide bonds. The third-order valence-electron chi connectivity index (χ3n) is 8.28. The Morgan fingerprint density at radius 3 is 2.68 bits per heavy atom. The molecule has 2 aromatic rings. The molecule has 1 saturated carbocycles. The molecule has 0 bridgehead atoms. The van der Waals surface area contributed by atoms with Crippen LogP contribution in [-0.2, 0) is 18.4 Å². The van der Waals surface area contributed by atoms with Crippen molar-refractivity contribution in [2.24, 2.45) is 0 Å². The van der Waals surface area contributed by atoms with Gasteiger partial charge in [-0.25, -0.2) is 0 Å². The van der Waals surface area contributed by atoms with E-state index in [1.165, 1.54) is 16.7 Å². The Bertz CT molecular complexity index is 1060. The molecule has 180 valence electrons. The molecule has 6 nitrogen and oxygen atoms in total. The van der Waals surface area contributed by atoms with E-state index in [-0.39, 0.29) is 11.3 Å². The van der Waals surface area contributed by atoms with E-state index in [0.717, 1.165) is 76.1 Å². The Balaban J connectivity index is 1.13. The number of nitrogens with one attached hydrogen (secondary N) is 2. The van der Waals surface area contributed by atoms with Gasteiger partial charge in [-0.2, -0.15) is 0 Å². The fourth-order valence-electron chi connectivity index (χ4n) is 6.21. The third-order valence-corrected chi connectivity index (χ3v) is 8.28. The molecule has 2 aromatic carbocycles. The van der Waals surface area contributed by atoms with Gasteiger partial charge in [-0.05, 0) is 74.0 Å². The second-order valence-electron chi connectivity index (χ2n) is 10.8. The summed E-state index contributed by atoms with van der Waals surface area (Å²) in [7, 11) is 0. The van der Waals surface area contributed by atoms with Crippen LogP contribution in [0.25, 0.3) is 0 Å². The van der Waals surface area contributed by atoms with E-state index < -0.39 is 6.10 Å². The summed E-state index contributed by atoms with van der Waals surface area (Å²) in [5.41, 5.74) is 5.97. The Hall–Kier alpha value is -2.41. The average molecular weight is 461 g/mol. The van der Waals surface area contributed by atoms with Gasteiger partial charge in [0.05, 0.1) is 6.10 Å². The zero-order valence-corrected chi connectivity index (χ0v) is 19.9. The van der Waals surface area contributed by atoms with Crippen LogP contribution in [0.15, 0.2) is 42.5 Å². The molecule has 1 atom stereocenters. The lowest BCUT2D eigenvalue weighted by Crippen LogP contribution is -2.49. The van der Waals surface area contributed by atoms with Gasteiger partial charge in [-0.3, -0.25) is 9.69 Å². The minimum Gasteiger partial charge on any atom is -0.390 e. The highest BCUT2D eigenvalue weighted by Gasteiger charge is 2.51. The molecule has 0 radical (unpaired) electrons. The predicted molar refractivity (Wildman–Crippen MR) is 134 cm³/mol. The molecule has 4 aliphatic rings. The lowest BCUT2D eigenvalue weighted by Gasteiger charge is -2.37. The largest absolute Gasteiger partial charge is 0.390 e. The summed E-state index contributed by atoms with van der Waals surface area (Å²) in [5, 5.41) is 18.0. The number of piperidine rings is 1. The van der Waals surface area contributed by atoms with Crippen LogP contribution in [0.3, 0.4) is 0 Å². The first-order valence-corrected chi connectivity index (χ1v) is 13.0. The lowest BCUT2D eigenvalue weighted by atomic mass is 9.86. The molecule has 1 spiro atoms. The van der Waals surface area contributed by atoms with Crippen molar-refractivity contribution >= 4 is 11.6 Å². The molecular formula is C28H36N4O2. The highest BCUT2D eigenvalue weighted by Crippen LogP contribution is 2.52. The average Bonchev–Trinajstić information content (AvgIpc) is 3.63. The van der Waals surface area contributed by atoms with Crippen LogP contribution in [-0.4, -0.2) is 72.2 Å². The molecule has 2 fully saturated rings. The summed E-state index contributed by atoms with van der Waals surface area (Å²) in [6.07, 6.45) is 4.95. The van der Waals surface area contributed by atoms with Crippen LogP contribution in [0.1, 0.15) is 52.7 Å². The SMILES string of the molecule is O=C1c2cc(NC3CCNCC3)ccc2C2(CC2)CN1C[C@H](O)CN1CCc2ccccc2C1. The molecular weight excluding hydrogens is 424 g/mol. The number of carbonyl (C=O) groups excluding carboxylic acids is 1. The molecule has 6 rings (SSSR count). The number of hydrogen-bond donors (Lipinski definition) is 3. The van der Waals surface area contributed by atoms with Gasteiger partial charge in [-0.15, -0.1) is 0 Å². The van der Waals surface area contributed by atoms with Crippen molar-refractivity contribution in [2.45, 2.75) is 56.2 Å². The maximum atomic E-state index is 13.5. The normalized spacial score (nSPS) is 22.9. The van der Waals surface area contributed by atoms with Crippen molar-refractivity contribution < 1.29 is 9.90 Å². The maximum Gasteiger partial charge on any atom is 0.254 e. The Kier molecular flexibility index (Phi) is 5.84.